The third-order valence-electron chi connectivity index (χ3n) is 2.67. The maximum absolute atomic E-state index is 6.29. The summed E-state index contributed by atoms with van der Waals surface area (Å²) < 4.78 is 0. The van der Waals surface area contributed by atoms with Gasteiger partial charge in [0.15, 0.2) is 0 Å². The fraction of sp³-hybridized carbons (Fsp3) is 0.200. The molecular weight excluding hydrogens is 262 g/mol. The Bertz CT molecular complexity index is 540. The Morgan fingerprint density at radius 3 is 2.67 bits per heavy atom. The molecule has 0 aliphatic heterocycles. The molecule has 18 heavy (non-hydrogen) atoms. The molecule has 0 saturated heterocycles. The first kappa shape index (κ1) is 13.5. The van der Waals surface area contributed by atoms with Crippen LogP contribution in [0.1, 0.15) is 11.1 Å². The lowest BCUT2D eigenvalue weighted by atomic mass is 10.1. The summed E-state index contributed by atoms with van der Waals surface area (Å²) in [6.07, 6.45) is 0.856. The van der Waals surface area contributed by atoms with Crippen molar-refractivity contribution in [1.82, 2.24) is 0 Å². The van der Waals surface area contributed by atoms with Crippen LogP contribution in [0, 0.1) is 6.92 Å². The lowest BCUT2D eigenvalue weighted by molar-refractivity contribution is 0.944. The number of benzene rings is 2. The van der Waals surface area contributed by atoms with Crippen LogP contribution < -0.4 is 5.73 Å². The largest absolute Gasteiger partial charge is 0.330 e. The van der Waals surface area contributed by atoms with Gasteiger partial charge in [0.25, 0.3) is 0 Å². The Balaban J connectivity index is 2.33. The molecule has 0 spiro atoms. The quantitative estimate of drug-likeness (QED) is 0.902. The van der Waals surface area contributed by atoms with Crippen molar-refractivity contribution in [3.8, 4) is 0 Å². The Kier molecular flexibility index (Phi) is 4.70. The summed E-state index contributed by atoms with van der Waals surface area (Å²) in [6.45, 7) is 2.74. The minimum absolute atomic E-state index is 0.641. The van der Waals surface area contributed by atoms with Gasteiger partial charge in [-0.2, -0.15) is 0 Å². The molecule has 0 radical (unpaired) electrons. The third-order valence-corrected chi connectivity index (χ3v) is 4.27. The van der Waals surface area contributed by atoms with Crippen molar-refractivity contribution in [1.29, 1.82) is 0 Å². The van der Waals surface area contributed by atoms with E-state index < -0.39 is 0 Å². The van der Waals surface area contributed by atoms with E-state index in [4.69, 9.17) is 17.3 Å². The van der Waals surface area contributed by atoms with Gasteiger partial charge in [0, 0.05) is 9.79 Å². The zero-order valence-corrected chi connectivity index (χ0v) is 11.9. The van der Waals surface area contributed by atoms with Crippen molar-refractivity contribution in [3.05, 3.63) is 58.6 Å². The second-order valence-corrected chi connectivity index (χ2v) is 5.68. The fourth-order valence-corrected chi connectivity index (χ4v) is 3.22. The molecule has 2 aromatic rings. The van der Waals surface area contributed by atoms with Gasteiger partial charge >= 0.3 is 0 Å². The predicted molar refractivity (Wildman–Crippen MR) is 79.5 cm³/mol. The van der Waals surface area contributed by atoms with E-state index in [0.29, 0.717) is 6.54 Å². The van der Waals surface area contributed by atoms with Crippen molar-refractivity contribution in [2.45, 2.75) is 23.1 Å². The van der Waals surface area contributed by atoms with Gasteiger partial charge in [-0.25, -0.2) is 0 Å². The SMILES string of the molecule is Cc1cccc(Sc2c(Cl)cccc2CCN)c1. The van der Waals surface area contributed by atoms with E-state index in [1.165, 1.54) is 16.0 Å². The molecule has 0 amide bonds. The highest BCUT2D eigenvalue weighted by Crippen LogP contribution is 2.36. The summed E-state index contributed by atoms with van der Waals surface area (Å²) in [6, 6.07) is 14.4. The van der Waals surface area contributed by atoms with Crippen molar-refractivity contribution in [2.75, 3.05) is 6.54 Å². The van der Waals surface area contributed by atoms with Gasteiger partial charge in [-0.1, -0.05) is 53.2 Å². The average molecular weight is 278 g/mol. The topological polar surface area (TPSA) is 26.0 Å². The number of aryl methyl sites for hydroxylation is 1. The van der Waals surface area contributed by atoms with Crippen molar-refractivity contribution < 1.29 is 0 Å². The molecule has 0 fully saturated rings. The van der Waals surface area contributed by atoms with Gasteiger partial charge in [-0.3, -0.25) is 0 Å². The maximum atomic E-state index is 6.29. The first-order valence-corrected chi connectivity index (χ1v) is 7.12. The number of nitrogens with two attached hydrogens (primary N) is 1. The minimum Gasteiger partial charge on any atom is -0.330 e. The van der Waals surface area contributed by atoms with Gasteiger partial charge < -0.3 is 5.73 Å². The van der Waals surface area contributed by atoms with E-state index in [2.05, 4.69) is 37.3 Å². The molecule has 0 aliphatic carbocycles. The van der Waals surface area contributed by atoms with Crippen LogP contribution in [0.25, 0.3) is 0 Å². The van der Waals surface area contributed by atoms with Crippen LogP contribution >= 0.6 is 23.4 Å². The van der Waals surface area contributed by atoms with Gasteiger partial charge in [-0.05, 0) is 43.7 Å². The van der Waals surface area contributed by atoms with Crippen LogP contribution in [-0.2, 0) is 6.42 Å². The summed E-state index contributed by atoms with van der Waals surface area (Å²) in [5.74, 6) is 0. The second-order valence-electron chi connectivity index (χ2n) is 4.19. The van der Waals surface area contributed by atoms with Gasteiger partial charge in [-0.15, -0.1) is 0 Å². The molecule has 0 unspecified atom stereocenters. The summed E-state index contributed by atoms with van der Waals surface area (Å²) in [4.78, 5) is 2.33. The molecule has 94 valence electrons. The summed E-state index contributed by atoms with van der Waals surface area (Å²) in [5, 5.41) is 0.799. The third kappa shape index (κ3) is 3.29. The standard InChI is InChI=1S/C15H16ClNS/c1-11-4-2-6-13(10-11)18-15-12(8-9-17)5-3-7-14(15)16/h2-7,10H,8-9,17H2,1H3. The van der Waals surface area contributed by atoms with Crippen LogP contribution in [-0.4, -0.2) is 6.54 Å². The molecule has 2 N–H and O–H groups in total. The van der Waals surface area contributed by atoms with Crippen molar-refractivity contribution >= 4 is 23.4 Å². The monoisotopic (exact) mass is 277 g/mol. The lowest BCUT2D eigenvalue weighted by Gasteiger charge is -2.10. The van der Waals surface area contributed by atoms with Gasteiger partial charge in [0.2, 0.25) is 0 Å². The van der Waals surface area contributed by atoms with Crippen LogP contribution in [0.5, 0.6) is 0 Å². The molecule has 0 heterocycles. The molecule has 0 atom stereocenters. The summed E-state index contributed by atoms with van der Waals surface area (Å²) in [7, 11) is 0. The maximum Gasteiger partial charge on any atom is 0.0548 e. The number of hydrogen-bond donors (Lipinski definition) is 1. The van der Waals surface area contributed by atoms with Crippen molar-refractivity contribution in [2.24, 2.45) is 5.73 Å². The molecule has 0 aromatic heterocycles. The highest BCUT2D eigenvalue weighted by Gasteiger charge is 2.08. The molecule has 3 heteroatoms. The highest BCUT2D eigenvalue weighted by molar-refractivity contribution is 7.99. The minimum atomic E-state index is 0.641. The van der Waals surface area contributed by atoms with Gasteiger partial charge in [0.05, 0.1) is 5.02 Å². The fourth-order valence-electron chi connectivity index (χ4n) is 1.82. The molecule has 1 nitrogen and oxygen atoms in total. The summed E-state index contributed by atoms with van der Waals surface area (Å²) in [5.41, 5.74) is 8.12. The zero-order chi connectivity index (χ0) is 13.0. The van der Waals surface area contributed by atoms with Crippen LogP contribution in [0.2, 0.25) is 5.02 Å². The van der Waals surface area contributed by atoms with E-state index in [1.807, 2.05) is 12.1 Å². The first-order chi connectivity index (χ1) is 8.70. The van der Waals surface area contributed by atoms with E-state index >= 15 is 0 Å². The van der Waals surface area contributed by atoms with E-state index in [0.717, 1.165) is 16.3 Å². The van der Waals surface area contributed by atoms with E-state index in [9.17, 15) is 0 Å². The number of halogens is 1. The summed E-state index contributed by atoms with van der Waals surface area (Å²) >= 11 is 8.00. The Morgan fingerprint density at radius 1 is 1.17 bits per heavy atom. The van der Waals surface area contributed by atoms with E-state index in [-0.39, 0.29) is 0 Å². The molecule has 2 aromatic carbocycles. The lowest BCUT2D eigenvalue weighted by Crippen LogP contribution is -2.03. The zero-order valence-electron chi connectivity index (χ0n) is 10.3. The highest BCUT2D eigenvalue weighted by atomic mass is 35.5. The van der Waals surface area contributed by atoms with Crippen LogP contribution in [0.4, 0.5) is 0 Å². The molecule has 0 aliphatic rings. The molecule has 0 bridgehead atoms. The van der Waals surface area contributed by atoms with Crippen LogP contribution in [0.15, 0.2) is 52.3 Å². The Labute approximate surface area is 117 Å². The van der Waals surface area contributed by atoms with Crippen LogP contribution in [0.3, 0.4) is 0 Å². The Morgan fingerprint density at radius 2 is 1.94 bits per heavy atom. The Hall–Kier alpha value is -0.960. The number of hydrogen-bond acceptors (Lipinski definition) is 2. The van der Waals surface area contributed by atoms with Crippen molar-refractivity contribution in [3.63, 3.8) is 0 Å². The average Bonchev–Trinajstić information content (AvgIpc) is 2.34. The van der Waals surface area contributed by atoms with Gasteiger partial charge in [0.1, 0.15) is 0 Å². The molecule has 2 rings (SSSR count). The molecular formula is C15H16ClNS. The normalized spacial score (nSPS) is 10.6. The second kappa shape index (κ2) is 6.28. The number of rotatable bonds is 4. The first-order valence-electron chi connectivity index (χ1n) is 5.92. The smallest absolute Gasteiger partial charge is 0.0548 e. The van der Waals surface area contributed by atoms with E-state index in [1.54, 1.807) is 11.8 Å². The molecule has 0 saturated carbocycles. The predicted octanol–water partition coefficient (Wildman–Crippen LogP) is 4.30.